The van der Waals surface area contributed by atoms with Gasteiger partial charge in [0.15, 0.2) is 6.29 Å². The molecule has 0 aliphatic carbocycles. The van der Waals surface area contributed by atoms with Crippen LogP contribution in [-0.4, -0.2) is 22.3 Å². The highest BCUT2D eigenvalue weighted by molar-refractivity contribution is 14.1. The van der Waals surface area contributed by atoms with Crippen molar-refractivity contribution in [1.29, 1.82) is 0 Å². The Labute approximate surface area is 71.3 Å². The molecule has 1 aliphatic heterocycles. The fourth-order valence-corrected chi connectivity index (χ4v) is 1.14. The summed E-state index contributed by atoms with van der Waals surface area (Å²) in [5, 5.41) is 0. The number of hydrogen-bond acceptors (Lipinski definition) is 2. The molecule has 1 aliphatic rings. The van der Waals surface area contributed by atoms with Crippen LogP contribution in [-0.2, 0) is 9.59 Å². The number of nitrogens with zero attached hydrogens (tertiary/aromatic N) is 1. The van der Waals surface area contributed by atoms with Gasteiger partial charge in [0.05, 0.1) is 0 Å². The number of carbonyl (C=O) groups excluding carboxylic acids is 2. The third kappa shape index (κ3) is 1.50. The largest absolute Gasteiger partial charge is 0.298 e. The van der Waals surface area contributed by atoms with Gasteiger partial charge in [-0.05, 0) is 0 Å². The molecule has 0 saturated carbocycles. The van der Waals surface area contributed by atoms with Gasteiger partial charge in [-0.3, -0.25) is 9.59 Å². The first kappa shape index (κ1) is 7.59. The molecule has 10 heavy (non-hydrogen) atoms. The summed E-state index contributed by atoms with van der Waals surface area (Å²) in [6.45, 7) is 0. The van der Waals surface area contributed by atoms with Crippen molar-refractivity contribution in [2.75, 3.05) is 0 Å². The quantitative estimate of drug-likeness (QED) is 0.386. The third-order valence-corrected chi connectivity index (χ3v) is 1.94. The fraction of sp³-hybridized carbons (Fsp3) is 0.167. The van der Waals surface area contributed by atoms with E-state index in [2.05, 4.69) is 4.99 Å². The van der Waals surface area contributed by atoms with Gasteiger partial charge in [0.25, 0.3) is 5.91 Å². The number of aldehydes is 1. The summed E-state index contributed by atoms with van der Waals surface area (Å²) in [5.74, 6) is -0.203. The molecule has 0 saturated heterocycles. The van der Waals surface area contributed by atoms with Crippen LogP contribution in [0.3, 0.4) is 0 Å². The SMILES string of the molecule is O=CC1=CC(I)C(=O)N=C1. The Morgan fingerprint density at radius 3 is 2.90 bits per heavy atom. The number of allylic oxidation sites excluding steroid dienone is 1. The topological polar surface area (TPSA) is 46.5 Å². The maximum atomic E-state index is 10.7. The Kier molecular flexibility index (Phi) is 2.31. The molecular formula is C6H4INO2. The summed E-state index contributed by atoms with van der Waals surface area (Å²) < 4.78 is -0.275. The molecule has 0 aromatic carbocycles. The molecule has 0 fully saturated rings. The van der Waals surface area contributed by atoms with Crippen molar-refractivity contribution in [1.82, 2.24) is 0 Å². The number of carbonyl (C=O) groups is 2. The highest BCUT2D eigenvalue weighted by Crippen LogP contribution is 2.10. The maximum absolute atomic E-state index is 10.7. The average molecular weight is 249 g/mol. The number of alkyl halides is 1. The van der Waals surface area contributed by atoms with Crippen molar-refractivity contribution in [2.24, 2.45) is 4.99 Å². The van der Waals surface area contributed by atoms with Crippen LogP contribution >= 0.6 is 22.6 Å². The second-order valence-electron chi connectivity index (χ2n) is 1.78. The molecule has 1 atom stereocenters. The van der Waals surface area contributed by atoms with Crippen molar-refractivity contribution >= 4 is 41.0 Å². The number of aliphatic imine (C=N–C) groups is 1. The van der Waals surface area contributed by atoms with Crippen LogP contribution in [0.5, 0.6) is 0 Å². The average Bonchev–Trinajstić information content (AvgIpc) is 1.95. The molecule has 0 aromatic heterocycles. The van der Waals surface area contributed by atoms with E-state index in [0.29, 0.717) is 11.9 Å². The van der Waals surface area contributed by atoms with Crippen LogP contribution in [0.15, 0.2) is 16.6 Å². The summed E-state index contributed by atoms with van der Waals surface area (Å²) >= 11 is 1.92. The van der Waals surface area contributed by atoms with Crippen LogP contribution in [0.25, 0.3) is 0 Å². The highest BCUT2D eigenvalue weighted by atomic mass is 127. The normalized spacial score (nSPS) is 24.3. The number of rotatable bonds is 1. The molecule has 0 bridgehead atoms. The van der Waals surface area contributed by atoms with E-state index in [9.17, 15) is 9.59 Å². The molecular weight excluding hydrogens is 245 g/mol. The fourth-order valence-electron chi connectivity index (χ4n) is 0.562. The zero-order valence-corrected chi connectivity index (χ0v) is 7.11. The number of halogens is 1. The van der Waals surface area contributed by atoms with Crippen molar-refractivity contribution in [2.45, 2.75) is 3.92 Å². The molecule has 0 N–H and O–H groups in total. The first-order chi connectivity index (χ1) is 4.74. The van der Waals surface area contributed by atoms with Gasteiger partial charge in [0, 0.05) is 11.8 Å². The van der Waals surface area contributed by atoms with Crippen molar-refractivity contribution < 1.29 is 9.59 Å². The van der Waals surface area contributed by atoms with E-state index < -0.39 is 0 Å². The van der Waals surface area contributed by atoms with Crippen LogP contribution in [0.1, 0.15) is 0 Å². The van der Waals surface area contributed by atoms with Gasteiger partial charge in [0.1, 0.15) is 3.92 Å². The lowest BCUT2D eigenvalue weighted by molar-refractivity contribution is -0.116. The zero-order valence-electron chi connectivity index (χ0n) is 4.95. The summed E-state index contributed by atoms with van der Waals surface area (Å²) in [6.07, 6.45) is 3.55. The Morgan fingerprint density at radius 1 is 1.70 bits per heavy atom. The molecule has 1 unspecified atom stereocenters. The van der Waals surface area contributed by atoms with E-state index in [0.717, 1.165) is 0 Å². The molecule has 1 heterocycles. The molecule has 0 spiro atoms. The molecule has 1 rings (SSSR count). The first-order valence-electron chi connectivity index (χ1n) is 2.63. The predicted octanol–water partition coefficient (Wildman–Crippen LogP) is 0.526. The van der Waals surface area contributed by atoms with E-state index in [1.165, 1.54) is 6.21 Å². The first-order valence-corrected chi connectivity index (χ1v) is 3.87. The molecule has 0 aromatic rings. The number of hydrogen-bond donors (Lipinski definition) is 0. The van der Waals surface area contributed by atoms with E-state index in [-0.39, 0.29) is 9.83 Å². The second-order valence-corrected chi connectivity index (χ2v) is 3.12. The third-order valence-electron chi connectivity index (χ3n) is 1.05. The molecule has 3 nitrogen and oxygen atoms in total. The summed E-state index contributed by atoms with van der Waals surface area (Å²) in [4.78, 5) is 24.3. The minimum atomic E-state index is -0.275. The molecule has 0 radical (unpaired) electrons. The lowest BCUT2D eigenvalue weighted by atomic mass is 10.2. The van der Waals surface area contributed by atoms with Gasteiger partial charge >= 0.3 is 0 Å². The van der Waals surface area contributed by atoms with E-state index in [1.807, 2.05) is 22.6 Å². The van der Waals surface area contributed by atoms with Crippen LogP contribution in [0, 0.1) is 0 Å². The van der Waals surface area contributed by atoms with Gasteiger partial charge in [-0.1, -0.05) is 28.7 Å². The van der Waals surface area contributed by atoms with E-state index >= 15 is 0 Å². The van der Waals surface area contributed by atoms with Gasteiger partial charge in [-0.25, -0.2) is 4.99 Å². The highest BCUT2D eigenvalue weighted by Gasteiger charge is 2.14. The van der Waals surface area contributed by atoms with Crippen LogP contribution < -0.4 is 0 Å². The minimum Gasteiger partial charge on any atom is -0.298 e. The Balaban J connectivity index is 2.85. The maximum Gasteiger partial charge on any atom is 0.262 e. The predicted molar refractivity (Wildman–Crippen MR) is 45.5 cm³/mol. The smallest absolute Gasteiger partial charge is 0.262 e. The zero-order chi connectivity index (χ0) is 7.56. The van der Waals surface area contributed by atoms with E-state index in [1.54, 1.807) is 6.08 Å². The van der Waals surface area contributed by atoms with Gasteiger partial charge in [-0.15, -0.1) is 0 Å². The number of amides is 1. The second kappa shape index (κ2) is 3.05. The monoisotopic (exact) mass is 249 g/mol. The van der Waals surface area contributed by atoms with Crippen molar-refractivity contribution in [3.05, 3.63) is 11.6 Å². The standard InChI is InChI=1S/C6H4INO2/c7-5-1-4(3-9)2-8-6(5)10/h1-3,5H. The summed E-state index contributed by atoms with van der Waals surface area (Å²) in [5.41, 5.74) is 0.471. The van der Waals surface area contributed by atoms with Crippen LogP contribution in [0.2, 0.25) is 0 Å². The lowest BCUT2D eigenvalue weighted by Gasteiger charge is -2.03. The Bertz CT molecular complexity index is 232. The minimum absolute atomic E-state index is 0.203. The molecule has 1 amide bonds. The summed E-state index contributed by atoms with van der Waals surface area (Å²) in [6, 6.07) is 0. The van der Waals surface area contributed by atoms with E-state index in [4.69, 9.17) is 0 Å². The summed E-state index contributed by atoms with van der Waals surface area (Å²) in [7, 11) is 0. The van der Waals surface area contributed by atoms with Crippen molar-refractivity contribution in [3.63, 3.8) is 0 Å². The van der Waals surface area contributed by atoms with Gasteiger partial charge in [-0.2, -0.15) is 0 Å². The Morgan fingerprint density at radius 2 is 2.40 bits per heavy atom. The molecule has 4 heteroatoms. The van der Waals surface area contributed by atoms with Crippen LogP contribution in [0.4, 0.5) is 0 Å². The van der Waals surface area contributed by atoms with Gasteiger partial charge in [0.2, 0.25) is 0 Å². The molecule has 52 valence electrons. The lowest BCUT2D eigenvalue weighted by Crippen LogP contribution is -2.14. The number of dihydropyridines is 1. The van der Waals surface area contributed by atoms with Crippen molar-refractivity contribution in [3.8, 4) is 0 Å². The Hall–Kier alpha value is -0.520. The van der Waals surface area contributed by atoms with Gasteiger partial charge < -0.3 is 0 Å².